The molecular weight excluding hydrogens is 228 g/mol. The van der Waals surface area contributed by atoms with E-state index in [0.717, 1.165) is 18.4 Å². The summed E-state index contributed by atoms with van der Waals surface area (Å²) >= 11 is 0. The van der Waals surface area contributed by atoms with E-state index < -0.39 is 0 Å². The number of hydrogen-bond donors (Lipinski definition) is 2. The normalized spacial score (nSPS) is 13.8. The Hall–Kier alpha value is -2.09. The van der Waals surface area contributed by atoms with Crippen LogP contribution < -0.4 is 10.6 Å². The molecule has 1 heterocycles. The monoisotopic (exact) mass is 244 g/mol. The topological polar surface area (TPSA) is 77.8 Å². The Labute approximate surface area is 106 Å². The van der Waals surface area contributed by atoms with E-state index in [1.54, 1.807) is 12.3 Å². The van der Waals surface area contributed by atoms with Crippen LogP contribution in [0.5, 0.6) is 0 Å². The minimum Gasteiger partial charge on any atom is -0.368 e. The van der Waals surface area contributed by atoms with Gasteiger partial charge in [0, 0.05) is 25.2 Å². The van der Waals surface area contributed by atoms with Crippen LogP contribution in [0.15, 0.2) is 12.3 Å². The number of aryl methyl sites for hydroxylation is 1. The van der Waals surface area contributed by atoms with Crippen LogP contribution in [0.4, 0.5) is 5.82 Å². The van der Waals surface area contributed by atoms with Crippen molar-refractivity contribution in [2.24, 2.45) is 0 Å². The molecule has 0 aromatic carbocycles. The zero-order chi connectivity index (χ0) is 13.0. The fourth-order valence-electron chi connectivity index (χ4n) is 1.66. The number of hydrogen-bond acceptors (Lipinski definition) is 4. The smallest absolute Gasteiger partial charge is 0.221 e. The molecule has 0 unspecified atom stereocenters. The standard InChI is InChI=1S/C13H16N4O/c1-9-4-6-15-13(11(9)8-14)16-7-5-12(18)17-10-2-3-10/h4,6,10H,2-3,5,7H2,1H3,(H,15,16)(H,17,18). The van der Waals surface area contributed by atoms with Crippen molar-refractivity contribution in [3.8, 4) is 6.07 Å². The molecule has 94 valence electrons. The summed E-state index contributed by atoms with van der Waals surface area (Å²) in [5.41, 5.74) is 1.43. The van der Waals surface area contributed by atoms with Crippen molar-refractivity contribution in [2.75, 3.05) is 11.9 Å². The summed E-state index contributed by atoms with van der Waals surface area (Å²) < 4.78 is 0. The minimum atomic E-state index is 0.0520. The lowest BCUT2D eigenvalue weighted by atomic mass is 10.1. The van der Waals surface area contributed by atoms with Gasteiger partial charge in [-0.15, -0.1) is 0 Å². The number of nitrogens with zero attached hydrogens (tertiary/aromatic N) is 2. The summed E-state index contributed by atoms with van der Waals surface area (Å²) in [7, 11) is 0. The molecule has 5 heteroatoms. The first kappa shape index (κ1) is 12.4. The summed E-state index contributed by atoms with van der Waals surface area (Å²) in [6.45, 7) is 2.36. The number of nitriles is 1. The van der Waals surface area contributed by atoms with E-state index >= 15 is 0 Å². The second-order valence-corrected chi connectivity index (χ2v) is 4.48. The molecule has 0 spiro atoms. The van der Waals surface area contributed by atoms with Crippen molar-refractivity contribution in [1.82, 2.24) is 10.3 Å². The lowest BCUT2D eigenvalue weighted by Crippen LogP contribution is -2.27. The van der Waals surface area contributed by atoms with Crippen molar-refractivity contribution in [1.29, 1.82) is 5.26 Å². The highest BCUT2D eigenvalue weighted by atomic mass is 16.1. The van der Waals surface area contributed by atoms with Crippen LogP contribution >= 0.6 is 0 Å². The molecular formula is C13H16N4O. The van der Waals surface area contributed by atoms with Gasteiger partial charge in [0.2, 0.25) is 5.91 Å². The van der Waals surface area contributed by atoms with E-state index in [-0.39, 0.29) is 5.91 Å². The lowest BCUT2D eigenvalue weighted by Gasteiger charge is -2.08. The Morgan fingerprint density at radius 2 is 2.39 bits per heavy atom. The molecule has 0 atom stereocenters. The van der Waals surface area contributed by atoms with Gasteiger partial charge in [0.05, 0.1) is 5.56 Å². The molecule has 0 aliphatic heterocycles. The van der Waals surface area contributed by atoms with Gasteiger partial charge in [-0.2, -0.15) is 5.26 Å². The van der Waals surface area contributed by atoms with Gasteiger partial charge in [0.15, 0.2) is 0 Å². The van der Waals surface area contributed by atoms with Crippen LogP contribution in [0.25, 0.3) is 0 Å². The maximum Gasteiger partial charge on any atom is 0.221 e. The minimum absolute atomic E-state index is 0.0520. The van der Waals surface area contributed by atoms with Crippen molar-refractivity contribution < 1.29 is 4.79 Å². The molecule has 18 heavy (non-hydrogen) atoms. The van der Waals surface area contributed by atoms with Crippen LogP contribution in [0.1, 0.15) is 30.4 Å². The van der Waals surface area contributed by atoms with E-state index in [0.29, 0.717) is 30.4 Å². The van der Waals surface area contributed by atoms with Gasteiger partial charge in [-0.05, 0) is 31.4 Å². The highest BCUT2D eigenvalue weighted by Gasteiger charge is 2.22. The summed E-state index contributed by atoms with van der Waals surface area (Å²) in [4.78, 5) is 15.6. The zero-order valence-corrected chi connectivity index (χ0v) is 10.4. The average Bonchev–Trinajstić information content (AvgIpc) is 3.13. The molecule has 2 N–H and O–H groups in total. The average molecular weight is 244 g/mol. The van der Waals surface area contributed by atoms with Crippen LogP contribution in [-0.2, 0) is 4.79 Å². The molecule has 0 radical (unpaired) electrons. The van der Waals surface area contributed by atoms with Gasteiger partial charge in [-0.3, -0.25) is 4.79 Å². The molecule has 1 amide bonds. The maximum atomic E-state index is 11.5. The summed E-state index contributed by atoms with van der Waals surface area (Å²) in [5, 5.41) is 15.0. The Morgan fingerprint density at radius 3 is 3.06 bits per heavy atom. The molecule has 0 saturated heterocycles. The first-order valence-corrected chi connectivity index (χ1v) is 6.09. The van der Waals surface area contributed by atoms with Gasteiger partial charge < -0.3 is 10.6 Å². The third kappa shape index (κ3) is 3.20. The summed E-state index contributed by atoms with van der Waals surface area (Å²) in [6, 6.07) is 4.31. The van der Waals surface area contributed by atoms with E-state index in [9.17, 15) is 4.79 Å². The first-order valence-electron chi connectivity index (χ1n) is 6.09. The zero-order valence-electron chi connectivity index (χ0n) is 10.4. The third-order valence-electron chi connectivity index (χ3n) is 2.86. The largest absolute Gasteiger partial charge is 0.368 e. The van der Waals surface area contributed by atoms with Crippen LogP contribution in [0.3, 0.4) is 0 Å². The number of amides is 1. The second kappa shape index (κ2) is 5.50. The van der Waals surface area contributed by atoms with E-state index in [2.05, 4.69) is 21.7 Å². The lowest BCUT2D eigenvalue weighted by molar-refractivity contribution is -0.120. The Balaban J connectivity index is 1.84. The summed E-state index contributed by atoms with van der Waals surface area (Å²) in [5.74, 6) is 0.605. The number of carbonyl (C=O) groups is 1. The van der Waals surface area contributed by atoms with Gasteiger partial charge in [0.1, 0.15) is 11.9 Å². The van der Waals surface area contributed by atoms with Gasteiger partial charge in [-0.1, -0.05) is 0 Å². The molecule has 2 rings (SSSR count). The SMILES string of the molecule is Cc1ccnc(NCCC(=O)NC2CC2)c1C#N. The van der Waals surface area contributed by atoms with Crippen molar-refractivity contribution in [3.63, 3.8) is 0 Å². The second-order valence-electron chi connectivity index (χ2n) is 4.48. The number of aromatic nitrogens is 1. The van der Waals surface area contributed by atoms with E-state index in [4.69, 9.17) is 5.26 Å². The Bertz CT molecular complexity index is 488. The number of pyridine rings is 1. The number of nitrogens with one attached hydrogen (secondary N) is 2. The predicted molar refractivity (Wildman–Crippen MR) is 68.0 cm³/mol. The molecule has 1 fully saturated rings. The van der Waals surface area contributed by atoms with Gasteiger partial charge in [0.25, 0.3) is 0 Å². The molecule has 5 nitrogen and oxygen atoms in total. The van der Waals surface area contributed by atoms with E-state index in [1.165, 1.54) is 0 Å². The van der Waals surface area contributed by atoms with Crippen molar-refractivity contribution >= 4 is 11.7 Å². The Kier molecular flexibility index (Phi) is 3.78. The summed E-state index contributed by atoms with van der Waals surface area (Å²) in [6.07, 6.45) is 4.24. The number of anilines is 1. The first-order chi connectivity index (χ1) is 8.70. The van der Waals surface area contributed by atoms with Gasteiger partial charge in [-0.25, -0.2) is 4.98 Å². The molecule has 1 aliphatic carbocycles. The van der Waals surface area contributed by atoms with Gasteiger partial charge >= 0.3 is 0 Å². The maximum absolute atomic E-state index is 11.5. The van der Waals surface area contributed by atoms with E-state index in [1.807, 2.05) is 6.92 Å². The fraction of sp³-hybridized carbons (Fsp3) is 0.462. The van der Waals surface area contributed by atoms with Crippen LogP contribution in [0, 0.1) is 18.3 Å². The number of rotatable bonds is 5. The third-order valence-corrected chi connectivity index (χ3v) is 2.86. The highest BCUT2D eigenvalue weighted by Crippen LogP contribution is 2.18. The van der Waals surface area contributed by atoms with Crippen LogP contribution in [0.2, 0.25) is 0 Å². The molecule has 0 bridgehead atoms. The Morgan fingerprint density at radius 1 is 1.61 bits per heavy atom. The molecule has 1 aromatic heterocycles. The number of carbonyl (C=O) groups excluding carboxylic acids is 1. The molecule has 1 aliphatic rings. The van der Waals surface area contributed by atoms with Crippen LogP contribution in [-0.4, -0.2) is 23.5 Å². The fourth-order valence-corrected chi connectivity index (χ4v) is 1.66. The van der Waals surface area contributed by atoms with Crippen molar-refractivity contribution in [2.45, 2.75) is 32.2 Å². The quantitative estimate of drug-likeness (QED) is 0.819. The van der Waals surface area contributed by atoms with Crippen molar-refractivity contribution in [3.05, 3.63) is 23.4 Å². The highest BCUT2D eigenvalue weighted by molar-refractivity contribution is 5.77. The predicted octanol–water partition coefficient (Wildman–Crippen LogP) is 1.34. The molecule has 1 saturated carbocycles. The molecule has 1 aromatic rings.